The van der Waals surface area contributed by atoms with Gasteiger partial charge in [0.1, 0.15) is 11.6 Å². The van der Waals surface area contributed by atoms with E-state index in [0.717, 1.165) is 37.4 Å². The van der Waals surface area contributed by atoms with Gasteiger partial charge in [0, 0.05) is 44.4 Å². The quantitative estimate of drug-likeness (QED) is 0.881. The summed E-state index contributed by atoms with van der Waals surface area (Å²) < 4.78 is 15.6. The van der Waals surface area contributed by atoms with Gasteiger partial charge in [0.05, 0.1) is 11.8 Å². The van der Waals surface area contributed by atoms with Crippen LogP contribution >= 0.6 is 0 Å². The Morgan fingerprint density at radius 1 is 1.42 bits per heavy atom. The number of aliphatic hydroxyl groups is 1. The Bertz CT molecular complexity index is 687. The van der Waals surface area contributed by atoms with Crippen LogP contribution in [0.2, 0.25) is 0 Å². The largest absolute Gasteiger partial charge is 0.387 e. The number of hydrogen-bond donors (Lipinski definition) is 2. The molecule has 2 atom stereocenters. The zero-order valence-electron chi connectivity index (χ0n) is 14.2. The van der Waals surface area contributed by atoms with Crippen molar-refractivity contribution >= 4 is 5.82 Å². The molecule has 5 nitrogen and oxygen atoms in total. The Hall–Kier alpha value is -1.92. The molecule has 3 rings (SSSR count). The van der Waals surface area contributed by atoms with Gasteiger partial charge in [-0.05, 0) is 25.8 Å². The van der Waals surface area contributed by atoms with Gasteiger partial charge >= 0.3 is 0 Å². The highest BCUT2D eigenvalue weighted by atomic mass is 19.1. The van der Waals surface area contributed by atoms with E-state index in [0.29, 0.717) is 12.1 Å². The minimum atomic E-state index is -0.833. The maximum absolute atomic E-state index is 13.7. The Balaban J connectivity index is 1.58. The number of aliphatic hydroxyl groups excluding tert-OH is 1. The lowest BCUT2D eigenvalue weighted by Crippen LogP contribution is -2.47. The summed E-state index contributed by atoms with van der Waals surface area (Å²) in [5.74, 6) is 0.760. The molecule has 2 unspecified atom stereocenters. The van der Waals surface area contributed by atoms with Crippen LogP contribution in [0.3, 0.4) is 0 Å². The van der Waals surface area contributed by atoms with E-state index in [1.54, 1.807) is 18.2 Å². The summed E-state index contributed by atoms with van der Waals surface area (Å²) in [7, 11) is 1.96. The van der Waals surface area contributed by atoms with E-state index in [-0.39, 0.29) is 11.9 Å². The molecule has 2 aromatic rings. The molecule has 2 heterocycles. The highest BCUT2D eigenvalue weighted by Crippen LogP contribution is 2.21. The fourth-order valence-corrected chi connectivity index (χ4v) is 3.38. The van der Waals surface area contributed by atoms with Crippen LogP contribution in [0.4, 0.5) is 10.2 Å². The maximum Gasteiger partial charge on any atom is 0.129 e. The van der Waals surface area contributed by atoms with Crippen LogP contribution in [-0.4, -0.2) is 40.6 Å². The number of hydrogen-bond acceptors (Lipinski definition) is 4. The number of aromatic nitrogens is 2. The number of rotatable bonds is 5. The first-order valence-corrected chi connectivity index (χ1v) is 8.46. The van der Waals surface area contributed by atoms with Crippen molar-refractivity contribution in [3.8, 4) is 0 Å². The van der Waals surface area contributed by atoms with E-state index in [2.05, 4.69) is 21.4 Å². The van der Waals surface area contributed by atoms with Crippen molar-refractivity contribution in [1.29, 1.82) is 0 Å². The van der Waals surface area contributed by atoms with E-state index in [9.17, 15) is 9.50 Å². The van der Waals surface area contributed by atoms with Gasteiger partial charge in [-0.3, -0.25) is 4.68 Å². The van der Waals surface area contributed by atoms with Crippen LogP contribution in [0, 0.1) is 12.7 Å². The molecule has 24 heavy (non-hydrogen) atoms. The van der Waals surface area contributed by atoms with Crippen molar-refractivity contribution in [2.24, 2.45) is 7.05 Å². The minimum absolute atomic E-state index is 0.273. The molecular weight excluding hydrogens is 307 g/mol. The first kappa shape index (κ1) is 16.9. The average Bonchev–Trinajstić information content (AvgIpc) is 2.92. The van der Waals surface area contributed by atoms with Crippen molar-refractivity contribution in [2.75, 3.05) is 24.5 Å². The van der Waals surface area contributed by atoms with Crippen LogP contribution in [0.1, 0.15) is 30.2 Å². The second-order valence-electron chi connectivity index (χ2n) is 6.50. The molecule has 130 valence electrons. The van der Waals surface area contributed by atoms with Gasteiger partial charge in [-0.2, -0.15) is 5.10 Å². The summed E-state index contributed by atoms with van der Waals surface area (Å²) in [6.07, 6.45) is 1.30. The van der Waals surface area contributed by atoms with Gasteiger partial charge in [0.15, 0.2) is 0 Å². The molecule has 1 saturated heterocycles. The van der Waals surface area contributed by atoms with Gasteiger partial charge < -0.3 is 15.3 Å². The predicted octanol–water partition coefficient (Wildman–Crippen LogP) is 2.16. The molecule has 1 aliphatic rings. The normalized spacial score (nSPS) is 19.5. The van der Waals surface area contributed by atoms with Crippen molar-refractivity contribution in [2.45, 2.75) is 31.9 Å². The Morgan fingerprint density at radius 2 is 2.21 bits per heavy atom. The van der Waals surface area contributed by atoms with Gasteiger partial charge in [0.2, 0.25) is 0 Å². The summed E-state index contributed by atoms with van der Waals surface area (Å²) in [5, 5.41) is 18.0. The summed E-state index contributed by atoms with van der Waals surface area (Å²) in [6.45, 7) is 4.22. The van der Waals surface area contributed by atoms with Crippen LogP contribution < -0.4 is 10.2 Å². The molecule has 1 aromatic carbocycles. The SMILES string of the molecule is Cc1cc(N2CCCC(NCC(O)c3ccccc3F)C2)n(C)n1. The van der Waals surface area contributed by atoms with Crippen molar-refractivity contribution in [1.82, 2.24) is 15.1 Å². The van der Waals surface area contributed by atoms with Crippen LogP contribution in [0.5, 0.6) is 0 Å². The molecule has 0 aliphatic carbocycles. The molecule has 1 fully saturated rings. The van der Waals surface area contributed by atoms with Crippen LogP contribution in [0.25, 0.3) is 0 Å². The second-order valence-corrected chi connectivity index (χ2v) is 6.50. The summed E-state index contributed by atoms with van der Waals surface area (Å²) >= 11 is 0. The number of benzene rings is 1. The van der Waals surface area contributed by atoms with Crippen molar-refractivity contribution in [3.05, 3.63) is 47.4 Å². The third-order valence-electron chi connectivity index (χ3n) is 4.59. The number of piperidine rings is 1. The number of nitrogens with zero attached hydrogens (tertiary/aromatic N) is 3. The number of anilines is 1. The summed E-state index contributed by atoms with van der Waals surface area (Å²) in [4.78, 5) is 2.32. The molecule has 0 bridgehead atoms. The lowest BCUT2D eigenvalue weighted by molar-refractivity contribution is 0.163. The average molecular weight is 332 g/mol. The smallest absolute Gasteiger partial charge is 0.129 e. The molecule has 1 aliphatic heterocycles. The summed E-state index contributed by atoms with van der Waals surface area (Å²) in [6, 6.07) is 8.76. The fourth-order valence-electron chi connectivity index (χ4n) is 3.38. The Labute approximate surface area is 142 Å². The van der Waals surface area contributed by atoms with E-state index < -0.39 is 6.10 Å². The Morgan fingerprint density at radius 3 is 2.92 bits per heavy atom. The third kappa shape index (κ3) is 3.76. The molecule has 1 aromatic heterocycles. The van der Waals surface area contributed by atoms with E-state index in [1.165, 1.54) is 6.07 Å². The monoisotopic (exact) mass is 332 g/mol. The zero-order chi connectivity index (χ0) is 17.1. The van der Waals surface area contributed by atoms with E-state index in [1.807, 2.05) is 18.7 Å². The lowest BCUT2D eigenvalue weighted by Gasteiger charge is -2.35. The van der Waals surface area contributed by atoms with Crippen LogP contribution in [0.15, 0.2) is 30.3 Å². The first-order valence-electron chi connectivity index (χ1n) is 8.46. The molecule has 6 heteroatoms. The lowest BCUT2D eigenvalue weighted by atomic mass is 10.0. The van der Waals surface area contributed by atoms with Gasteiger partial charge in [-0.25, -0.2) is 4.39 Å². The summed E-state index contributed by atoms with van der Waals surface area (Å²) in [5.41, 5.74) is 1.36. The molecule has 0 saturated carbocycles. The van der Waals surface area contributed by atoms with E-state index >= 15 is 0 Å². The van der Waals surface area contributed by atoms with Gasteiger partial charge in [0.25, 0.3) is 0 Å². The topological polar surface area (TPSA) is 53.3 Å². The van der Waals surface area contributed by atoms with Crippen molar-refractivity contribution < 1.29 is 9.50 Å². The molecule has 0 radical (unpaired) electrons. The number of nitrogens with one attached hydrogen (secondary N) is 1. The molecule has 0 spiro atoms. The van der Waals surface area contributed by atoms with Gasteiger partial charge in [-0.1, -0.05) is 18.2 Å². The second kappa shape index (κ2) is 7.32. The fraction of sp³-hybridized carbons (Fsp3) is 0.500. The van der Waals surface area contributed by atoms with Crippen molar-refractivity contribution in [3.63, 3.8) is 0 Å². The highest BCUT2D eigenvalue weighted by Gasteiger charge is 2.23. The molecule has 0 amide bonds. The van der Waals surface area contributed by atoms with Crippen LogP contribution in [-0.2, 0) is 7.05 Å². The number of aryl methyl sites for hydroxylation is 2. The molecular formula is C18H25FN4O. The highest BCUT2D eigenvalue weighted by molar-refractivity contribution is 5.41. The Kier molecular flexibility index (Phi) is 5.16. The minimum Gasteiger partial charge on any atom is -0.387 e. The first-order chi connectivity index (χ1) is 11.5. The number of halogens is 1. The zero-order valence-corrected chi connectivity index (χ0v) is 14.2. The van der Waals surface area contributed by atoms with Gasteiger partial charge in [-0.15, -0.1) is 0 Å². The predicted molar refractivity (Wildman–Crippen MR) is 92.5 cm³/mol. The third-order valence-corrected chi connectivity index (χ3v) is 4.59. The standard InChI is InChI=1S/C18H25FN4O/c1-13-10-18(22(2)21-13)23-9-5-6-14(12-23)20-11-17(24)15-7-3-4-8-16(15)19/h3-4,7-8,10,14,17,20,24H,5-6,9,11-12H2,1-2H3. The van der Waals surface area contributed by atoms with E-state index in [4.69, 9.17) is 0 Å². The maximum atomic E-state index is 13.7. The molecule has 2 N–H and O–H groups in total.